The van der Waals surface area contributed by atoms with Crippen LogP contribution in [0.5, 0.6) is 5.75 Å². The van der Waals surface area contributed by atoms with Gasteiger partial charge in [-0.05, 0) is 66.8 Å². The average molecular weight is 436 g/mol. The van der Waals surface area contributed by atoms with Crippen LogP contribution < -0.4 is 21.7 Å². The topological polar surface area (TPSA) is 9.23 Å². The quantitative estimate of drug-likeness (QED) is 0.529. The molecule has 138 valence electrons. The summed E-state index contributed by atoms with van der Waals surface area (Å²) in [5.41, 5.74) is 2.92. The molecule has 2 aromatic carbocycles. The van der Waals surface area contributed by atoms with Crippen LogP contribution in [0.2, 0.25) is 0 Å². The third-order valence-corrected chi connectivity index (χ3v) is 7.48. The molecule has 4 fully saturated rings. The molecule has 0 N–H and O–H groups in total. The number of hydrogen-bond acceptors (Lipinski definition) is 1. The van der Waals surface area contributed by atoms with E-state index >= 15 is 0 Å². The largest absolute Gasteiger partial charge is 2.00 e. The monoisotopic (exact) mass is 434 g/mol. The summed E-state index contributed by atoms with van der Waals surface area (Å²) in [7, 11) is 0. The van der Waals surface area contributed by atoms with Gasteiger partial charge in [-0.2, -0.15) is 18.2 Å². The summed E-state index contributed by atoms with van der Waals surface area (Å²) in [6.45, 7) is 3.17. The van der Waals surface area contributed by atoms with E-state index in [1.54, 1.807) is 0 Å². The molecule has 0 amide bonds. The average Bonchev–Trinajstić information content (AvgIpc) is 2.65. The van der Waals surface area contributed by atoms with Gasteiger partial charge < -0.3 is 21.7 Å². The van der Waals surface area contributed by atoms with E-state index in [0.29, 0.717) is 6.61 Å². The van der Waals surface area contributed by atoms with Crippen molar-refractivity contribution in [3.05, 3.63) is 65.7 Å². The molecule has 2 aromatic rings. The van der Waals surface area contributed by atoms with E-state index in [2.05, 4.69) is 55.5 Å². The van der Waals surface area contributed by atoms with Gasteiger partial charge in [0.25, 0.3) is 0 Å². The first-order valence-corrected chi connectivity index (χ1v) is 9.90. The Morgan fingerprint density at radius 1 is 0.963 bits per heavy atom. The summed E-state index contributed by atoms with van der Waals surface area (Å²) in [5, 5.41) is 0. The third kappa shape index (κ3) is 3.72. The maximum atomic E-state index is 6.32. The van der Waals surface area contributed by atoms with E-state index in [1.165, 1.54) is 43.2 Å². The summed E-state index contributed by atoms with van der Waals surface area (Å²) in [6.07, 6.45) is 7.21. The Labute approximate surface area is 190 Å². The fourth-order valence-corrected chi connectivity index (χ4v) is 6.30. The van der Waals surface area contributed by atoms with E-state index < -0.39 is 0 Å². The molecule has 27 heavy (non-hydrogen) atoms. The van der Waals surface area contributed by atoms with Gasteiger partial charge in [-0.1, -0.05) is 37.3 Å². The molecule has 0 aromatic heterocycles. The van der Waals surface area contributed by atoms with Crippen molar-refractivity contribution < 1.29 is 21.7 Å². The Balaban J connectivity index is 0.00000105. The summed E-state index contributed by atoms with van der Waals surface area (Å²) in [5.74, 6) is 4.74. The molecule has 1 nitrogen and oxygen atoms in total. The van der Waals surface area contributed by atoms with E-state index in [9.17, 15) is 0 Å². The van der Waals surface area contributed by atoms with Crippen molar-refractivity contribution in [3.63, 3.8) is 0 Å². The molecule has 0 atom stereocenters. The summed E-state index contributed by atoms with van der Waals surface area (Å²) >= 11 is 0. The second-order valence-electron chi connectivity index (χ2n) is 8.78. The predicted octanol–water partition coefficient (Wildman–Crippen LogP) is 2.40. The summed E-state index contributed by atoms with van der Waals surface area (Å²) in [4.78, 5) is 0. The molecule has 0 heterocycles. The van der Waals surface area contributed by atoms with Gasteiger partial charge in [0.15, 0.2) is 0 Å². The minimum Gasteiger partial charge on any atom is -1.00 e. The first-order valence-electron chi connectivity index (χ1n) is 9.90. The molecule has 0 radical (unpaired) electrons. The van der Waals surface area contributed by atoms with Crippen molar-refractivity contribution in [3.8, 4) is 5.75 Å². The Morgan fingerprint density at radius 3 is 2.22 bits per heavy atom. The smallest absolute Gasteiger partial charge is 1.00 e. The maximum Gasteiger partial charge on any atom is 2.00 e. The SMILES string of the molecule is CC1(c2c[c-]ccc2OCc2ccccc2)C2CC3CC(C2)CC1C3.[Br-].[Mg+2]. The van der Waals surface area contributed by atoms with Crippen molar-refractivity contribution in [2.24, 2.45) is 23.7 Å². The Hall–Kier alpha value is -0.514. The van der Waals surface area contributed by atoms with Gasteiger partial charge in [0.05, 0.1) is 0 Å². The Morgan fingerprint density at radius 2 is 1.59 bits per heavy atom. The van der Waals surface area contributed by atoms with Gasteiger partial charge in [-0.25, -0.2) is 0 Å². The van der Waals surface area contributed by atoms with Crippen LogP contribution in [0, 0.1) is 29.7 Å². The zero-order valence-corrected chi connectivity index (χ0v) is 19.2. The second kappa shape index (κ2) is 8.47. The zero-order chi connectivity index (χ0) is 16.9. The number of halogens is 1. The van der Waals surface area contributed by atoms with Crippen molar-refractivity contribution in [2.75, 3.05) is 0 Å². The number of benzene rings is 2. The Kier molecular flexibility index (Phi) is 6.65. The van der Waals surface area contributed by atoms with Crippen LogP contribution in [0.1, 0.15) is 50.2 Å². The van der Waals surface area contributed by atoms with Gasteiger partial charge in [0.1, 0.15) is 6.61 Å². The first-order chi connectivity index (χ1) is 12.2. The minimum atomic E-state index is 0. The normalized spacial score (nSPS) is 33.1. The van der Waals surface area contributed by atoms with E-state index in [0.717, 1.165) is 29.4 Å². The molecule has 4 saturated carbocycles. The zero-order valence-electron chi connectivity index (χ0n) is 16.2. The fraction of sp³-hybridized carbons (Fsp3) is 0.500. The third-order valence-electron chi connectivity index (χ3n) is 7.48. The van der Waals surface area contributed by atoms with E-state index in [4.69, 9.17) is 4.74 Å². The maximum absolute atomic E-state index is 6.32. The Bertz CT molecular complexity index is 732. The van der Waals surface area contributed by atoms with Crippen LogP contribution >= 0.6 is 0 Å². The van der Waals surface area contributed by atoms with Crippen molar-refractivity contribution >= 4 is 23.1 Å². The summed E-state index contributed by atoms with van der Waals surface area (Å²) in [6, 6.07) is 20.2. The molecular formula is C24H27BrMgO. The van der Waals surface area contributed by atoms with Gasteiger partial charge in [0, 0.05) is 5.75 Å². The van der Waals surface area contributed by atoms with Crippen molar-refractivity contribution in [2.45, 2.75) is 51.0 Å². The molecule has 0 aliphatic heterocycles. The fourth-order valence-electron chi connectivity index (χ4n) is 6.30. The molecule has 0 saturated heterocycles. The standard InChI is InChI=1S/C24H27O.BrH.Mg/c1-24(20-12-18-11-19(14-20)15-21(24)13-18)22-9-5-6-10-23(22)25-16-17-7-3-2-4-8-17;;/h2-4,6-10,18-21H,11-16H2,1H3;1H;/q-1;;+2/p-1. The molecule has 6 rings (SSSR count). The number of ether oxygens (including phenoxy) is 1. The number of hydrogen-bond donors (Lipinski definition) is 0. The van der Waals surface area contributed by atoms with Crippen LogP contribution in [0.25, 0.3) is 0 Å². The van der Waals surface area contributed by atoms with E-state index in [-0.39, 0.29) is 45.4 Å². The first kappa shape index (κ1) is 21.2. The van der Waals surface area contributed by atoms with Gasteiger partial charge in [-0.15, -0.1) is 11.6 Å². The van der Waals surface area contributed by atoms with Crippen molar-refractivity contribution in [1.82, 2.24) is 0 Å². The molecular weight excluding hydrogens is 408 g/mol. The molecule has 3 heteroatoms. The minimum absolute atomic E-state index is 0. The predicted molar refractivity (Wildman–Crippen MR) is 106 cm³/mol. The van der Waals surface area contributed by atoms with Gasteiger partial charge >= 0.3 is 23.1 Å². The molecule has 4 aliphatic rings. The van der Waals surface area contributed by atoms with Crippen LogP contribution in [-0.2, 0) is 12.0 Å². The van der Waals surface area contributed by atoms with Crippen LogP contribution in [-0.4, -0.2) is 23.1 Å². The molecule has 4 aliphatic carbocycles. The van der Waals surface area contributed by atoms with Crippen LogP contribution in [0.15, 0.2) is 48.5 Å². The van der Waals surface area contributed by atoms with Gasteiger partial charge in [0.2, 0.25) is 0 Å². The van der Waals surface area contributed by atoms with Crippen LogP contribution in [0.4, 0.5) is 0 Å². The summed E-state index contributed by atoms with van der Waals surface area (Å²) < 4.78 is 6.32. The molecule has 0 spiro atoms. The van der Waals surface area contributed by atoms with Crippen molar-refractivity contribution in [1.29, 1.82) is 0 Å². The van der Waals surface area contributed by atoms with Gasteiger partial charge in [-0.3, -0.25) is 0 Å². The molecule has 0 unspecified atom stereocenters. The van der Waals surface area contributed by atoms with E-state index in [1.807, 2.05) is 6.07 Å². The second-order valence-corrected chi connectivity index (χ2v) is 8.78. The molecule has 4 bridgehead atoms. The van der Waals surface area contributed by atoms with Crippen LogP contribution in [0.3, 0.4) is 0 Å². The number of rotatable bonds is 4.